The van der Waals surface area contributed by atoms with E-state index in [0.29, 0.717) is 12.1 Å². The van der Waals surface area contributed by atoms with Crippen molar-refractivity contribution in [2.24, 2.45) is 0 Å². The Kier molecular flexibility index (Phi) is 4.31. The van der Waals surface area contributed by atoms with Crippen LogP contribution in [0.4, 0.5) is 8.78 Å². The minimum absolute atomic E-state index is 0.118. The average Bonchev–Trinajstić information content (AvgIpc) is 2.95. The van der Waals surface area contributed by atoms with Gasteiger partial charge < -0.3 is 0 Å². The van der Waals surface area contributed by atoms with Crippen LogP contribution in [0.5, 0.6) is 0 Å². The van der Waals surface area contributed by atoms with Crippen molar-refractivity contribution >= 4 is 9.84 Å². The molecule has 0 fully saturated rings. The van der Waals surface area contributed by atoms with Crippen LogP contribution in [0.3, 0.4) is 0 Å². The van der Waals surface area contributed by atoms with E-state index in [2.05, 4.69) is 15.1 Å². The molecule has 114 valence electrons. The number of aryl methyl sites for hydroxylation is 1. The fraction of sp³-hybridized carbons (Fsp3) is 0.417. The first-order chi connectivity index (χ1) is 9.87. The zero-order valence-corrected chi connectivity index (χ0v) is 12.3. The molecule has 9 heteroatoms. The Bertz CT molecular complexity index is 743. The van der Waals surface area contributed by atoms with E-state index in [1.54, 1.807) is 10.9 Å². The maximum absolute atomic E-state index is 12.9. The highest BCUT2D eigenvalue weighted by molar-refractivity contribution is 7.91. The molecule has 2 rings (SSSR count). The summed E-state index contributed by atoms with van der Waals surface area (Å²) in [6, 6.07) is 1.08. The lowest BCUT2D eigenvalue weighted by Gasteiger charge is -2.06. The molecule has 6 nitrogen and oxygen atoms in total. The third kappa shape index (κ3) is 3.23. The van der Waals surface area contributed by atoms with Gasteiger partial charge in [0.05, 0.1) is 17.6 Å². The summed E-state index contributed by atoms with van der Waals surface area (Å²) in [6.45, 7) is 3.88. The van der Waals surface area contributed by atoms with Crippen molar-refractivity contribution < 1.29 is 17.2 Å². The normalized spacial score (nSPS) is 12.0. The van der Waals surface area contributed by atoms with Crippen LogP contribution in [0.1, 0.15) is 26.0 Å². The second-order valence-electron chi connectivity index (χ2n) is 4.25. The number of rotatable bonds is 5. The van der Waals surface area contributed by atoms with Gasteiger partial charge >= 0.3 is 0 Å². The van der Waals surface area contributed by atoms with Crippen molar-refractivity contribution in [3.05, 3.63) is 24.2 Å². The Balaban J connectivity index is 2.60. The molecule has 2 aromatic rings. The number of sulfone groups is 1. The monoisotopic (exact) mass is 316 g/mol. The molecule has 0 radical (unpaired) electrons. The van der Waals surface area contributed by atoms with Crippen molar-refractivity contribution in [2.75, 3.05) is 5.75 Å². The van der Waals surface area contributed by atoms with Gasteiger partial charge in [-0.25, -0.2) is 27.2 Å². The maximum atomic E-state index is 12.9. The lowest BCUT2D eigenvalue weighted by molar-refractivity contribution is 0.145. The highest BCUT2D eigenvalue weighted by Gasteiger charge is 2.21. The van der Waals surface area contributed by atoms with E-state index in [1.165, 1.54) is 13.1 Å². The van der Waals surface area contributed by atoms with Crippen LogP contribution in [0.15, 0.2) is 23.6 Å². The van der Waals surface area contributed by atoms with Gasteiger partial charge in [0.1, 0.15) is 5.69 Å². The van der Waals surface area contributed by atoms with Gasteiger partial charge in [0.2, 0.25) is 15.0 Å². The van der Waals surface area contributed by atoms with Crippen LogP contribution in [0.2, 0.25) is 0 Å². The topological polar surface area (TPSA) is 77.7 Å². The first-order valence-electron chi connectivity index (χ1n) is 6.30. The molecule has 2 aromatic heterocycles. The van der Waals surface area contributed by atoms with Crippen LogP contribution in [-0.4, -0.2) is 33.9 Å². The highest BCUT2D eigenvalue weighted by Crippen LogP contribution is 2.24. The molecule has 0 amide bonds. The molecule has 0 unspecified atom stereocenters. The molecule has 21 heavy (non-hydrogen) atoms. The van der Waals surface area contributed by atoms with E-state index in [-0.39, 0.29) is 11.4 Å². The maximum Gasteiger partial charge on any atom is 0.280 e. The fourth-order valence-electron chi connectivity index (χ4n) is 1.64. The van der Waals surface area contributed by atoms with Gasteiger partial charge in [-0.05, 0) is 13.0 Å². The standard InChI is InChI=1S/C12H14F2N4O2S/c1-3-18-7-8(6-15-18)9-5-10(11(13)14)17-12(16-9)21(19,20)4-2/h5-7,11H,3-4H2,1-2H3. The van der Waals surface area contributed by atoms with Gasteiger partial charge in [-0.15, -0.1) is 0 Å². The predicted octanol–water partition coefficient (Wildman–Crippen LogP) is 2.09. The number of halogens is 2. The summed E-state index contributed by atoms with van der Waals surface area (Å²) in [7, 11) is -3.77. The van der Waals surface area contributed by atoms with E-state index < -0.39 is 27.1 Å². The van der Waals surface area contributed by atoms with Gasteiger partial charge in [-0.3, -0.25) is 4.68 Å². The number of aromatic nitrogens is 4. The minimum atomic E-state index is -3.77. The largest absolute Gasteiger partial charge is 0.280 e. The molecule has 0 N–H and O–H groups in total. The molecule has 0 saturated carbocycles. The predicted molar refractivity (Wildman–Crippen MR) is 71.6 cm³/mol. The second kappa shape index (κ2) is 5.84. The van der Waals surface area contributed by atoms with E-state index >= 15 is 0 Å². The van der Waals surface area contributed by atoms with Crippen LogP contribution in [0, 0.1) is 0 Å². The fourth-order valence-corrected chi connectivity index (χ4v) is 2.38. The van der Waals surface area contributed by atoms with E-state index in [9.17, 15) is 17.2 Å². The molecule has 0 aromatic carbocycles. The molecule has 0 saturated heterocycles. The van der Waals surface area contributed by atoms with Crippen LogP contribution < -0.4 is 0 Å². The van der Waals surface area contributed by atoms with Gasteiger partial charge in [0.15, 0.2) is 0 Å². The molecule has 0 spiro atoms. The summed E-state index contributed by atoms with van der Waals surface area (Å²) in [5.41, 5.74) is -0.0306. The SMILES string of the molecule is CCn1cc(-c2cc(C(F)F)nc(S(=O)(=O)CC)n2)cn1. The Morgan fingerprint density at radius 2 is 2.00 bits per heavy atom. The third-order valence-electron chi connectivity index (χ3n) is 2.86. The number of alkyl halides is 2. The third-order valence-corrected chi connectivity index (χ3v) is 4.36. The number of nitrogens with zero attached hydrogens (tertiary/aromatic N) is 4. The Hall–Kier alpha value is -1.90. The zero-order valence-electron chi connectivity index (χ0n) is 11.5. The average molecular weight is 316 g/mol. The lowest BCUT2D eigenvalue weighted by Crippen LogP contribution is -2.11. The molecule has 0 aliphatic heterocycles. The summed E-state index contributed by atoms with van der Waals surface area (Å²) in [5, 5.41) is 3.44. The lowest BCUT2D eigenvalue weighted by atomic mass is 10.2. The molecule has 2 heterocycles. The van der Waals surface area contributed by atoms with Crippen LogP contribution in [-0.2, 0) is 16.4 Å². The summed E-state index contributed by atoms with van der Waals surface area (Å²) in [5.74, 6) is -0.257. The summed E-state index contributed by atoms with van der Waals surface area (Å²) in [4.78, 5) is 7.34. The van der Waals surface area contributed by atoms with Crippen LogP contribution >= 0.6 is 0 Å². The zero-order chi connectivity index (χ0) is 15.6. The van der Waals surface area contributed by atoms with Crippen molar-refractivity contribution in [1.82, 2.24) is 19.7 Å². The molecule has 0 aliphatic carbocycles. The first kappa shape index (κ1) is 15.5. The second-order valence-corrected chi connectivity index (χ2v) is 6.42. The molecule has 0 aliphatic rings. The quantitative estimate of drug-likeness (QED) is 0.789. The van der Waals surface area contributed by atoms with E-state index in [4.69, 9.17) is 0 Å². The van der Waals surface area contributed by atoms with Crippen molar-refractivity contribution in [2.45, 2.75) is 32.0 Å². The summed E-state index contributed by atoms with van der Waals surface area (Å²) < 4.78 is 51.1. The van der Waals surface area contributed by atoms with Gasteiger partial charge in [0, 0.05) is 18.3 Å². The van der Waals surface area contributed by atoms with E-state index in [0.717, 1.165) is 6.07 Å². The van der Waals surface area contributed by atoms with Crippen molar-refractivity contribution in [1.29, 1.82) is 0 Å². The molecular formula is C12H14F2N4O2S. The number of hydrogen-bond donors (Lipinski definition) is 0. The van der Waals surface area contributed by atoms with Crippen molar-refractivity contribution in [3.63, 3.8) is 0 Å². The summed E-state index contributed by atoms with van der Waals surface area (Å²) >= 11 is 0. The van der Waals surface area contributed by atoms with E-state index in [1.807, 2.05) is 6.92 Å². The Labute approximate surface area is 120 Å². The highest BCUT2D eigenvalue weighted by atomic mass is 32.2. The van der Waals surface area contributed by atoms with Crippen molar-refractivity contribution in [3.8, 4) is 11.3 Å². The van der Waals surface area contributed by atoms with Gasteiger partial charge in [-0.2, -0.15) is 5.10 Å². The smallest absolute Gasteiger partial charge is 0.272 e. The molecular weight excluding hydrogens is 302 g/mol. The van der Waals surface area contributed by atoms with Gasteiger partial charge in [0.25, 0.3) is 6.43 Å². The van der Waals surface area contributed by atoms with Crippen LogP contribution in [0.25, 0.3) is 11.3 Å². The summed E-state index contributed by atoms with van der Waals surface area (Å²) in [6.07, 6.45) is 0.183. The molecule has 0 bridgehead atoms. The molecule has 0 atom stereocenters. The Morgan fingerprint density at radius 1 is 1.29 bits per heavy atom. The Morgan fingerprint density at radius 3 is 2.52 bits per heavy atom. The van der Waals surface area contributed by atoms with Gasteiger partial charge in [-0.1, -0.05) is 6.92 Å². The first-order valence-corrected chi connectivity index (χ1v) is 7.95. The number of hydrogen-bond acceptors (Lipinski definition) is 5. The minimum Gasteiger partial charge on any atom is -0.272 e.